The molecule has 20 heavy (non-hydrogen) atoms. The van der Waals surface area contributed by atoms with Crippen molar-refractivity contribution >= 4 is 18.5 Å². The van der Waals surface area contributed by atoms with Crippen molar-refractivity contribution in [3.63, 3.8) is 0 Å². The molecule has 0 fully saturated rings. The van der Waals surface area contributed by atoms with Gasteiger partial charge in [0.2, 0.25) is 0 Å². The molecule has 0 unspecified atom stereocenters. The summed E-state index contributed by atoms with van der Waals surface area (Å²) in [7, 11) is 0. The third kappa shape index (κ3) is 2.29. The van der Waals surface area contributed by atoms with Gasteiger partial charge in [-0.3, -0.25) is 4.79 Å². The number of fused-ring (bicyclic) bond motifs is 1. The van der Waals surface area contributed by atoms with Gasteiger partial charge >= 0.3 is 0 Å². The van der Waals surface area contributed by atoms with Crippen molar-refractivity contribution in [2.45, 2.75) is 24.8 Å². The fourth-order valence-corrected chi connectivity index (χ4v) is 2.66. The van der Waals surface area contributed by atoms with Crippen molar-refractivity contribution in [2.75, 3.05) is 6.54 Å². The topological polar surface area (TPSA) is 46.1 Å². The molecular weight excluding hydrogens is 270 g/mol. The van der Waals surface area contributed by atoms with Crippen LogP contribution in [0, 0.1) is 6.92 Å². The number of nitrogens with zero attached hydrogens (tertiary/aromatic N) is 3. The van der Waals surface area contributed by atoms with Crippen LogP contribution >= 0.6 is 12.6 Å². The van der Waals surface area contributed by atoms with E-state index in [4.69, 9.17) is 0 Å². The van der Waals surface area contributed by atoms with Gasteiger partial charge in [-0.25, -0.2) is 0 Å². The summed E-state index contributed by atoms with van der Waals surface area (Å²) in [6.45, 7) is 3.11. The van der Waals surface area contributed by atoms with Crippen molar-refractivity contribution in [1.82, 2.24) is 15.1 Å². The number of carbonyl (C=O) groups excluding carboxylic acids is 1. The van der Waals surface area contributed by atoms with Crippen molar-refractivity contribution < 1.29 is 4.79 Å². The lowest BCUT2D eigenvalue weighted by Crippen LogP contribution is -2.36. The second kappa shape index (κ2) is 5.25. The predicted molar refractivity (Wildman–Crippen MR) is 78.9 cm³/mol. The number of rotatable bonds is 1. The van der Waals surface area contributed by atoms with Gasteiger partial charge in [0.25, 0.3) is 5.91 Å². The summed E-state index contributed by atoms with van der Waals surface area (Å²) in [5.41, 5.74) is 3.51. The van der Waals surface area contributed by atoms with E-state index in [1.807, 2.05) is 42.2 Å². The number of hydrogen-bond acceptors (Lipinski definition) is 4. The number of thiol groups is 1. The Hall–Kier alpha value is -1.88. The van der Waals surface area contributed by atoms with E-state index in [0.29, 0.717) is 13.1 Å². The van der Waals surface area contributed by atoms with E-state index in [0.717, 1.165) is 33.8 Å². The molecule has 1 amide bonds. The summed E-state index contributed by atoms with van der Waals surface area (Å²) in [6, 6.07) is 9.35. The van der Waals surface area contributed by atoms with Crippen LogP contribution in [0.25, 0.3) is 0 Å². The molecule has 2 heterocycles. The first-order chi connectivity index (χ1) is 9.66. The van der Waals surface area contributed by atoms with E-state index in [1.54, 1.807) is 0 Å². The van der Waals surface area contributed by atoms with Gasteiger partial charge < -0.3 is 4.90 Å². The third-order valence-corrected chi connectivity index (χ3v) is 4.17. The number of carbonyl (C=O) groups is 1. The second-order valence-electron chi connectivity index (χ2n) is 4.90. The standard InChI is InChI=1S/C15H15N3OS/c1-10-14(20)12-9-18(8-7-13(12)17-16-10)15(19)11-5-3-2-4-6-11/h2-6H,7-9H2,1H3,(H,17,20). The number of aryl methyl sites for hydroxylation is 1. The van der Waals surface area contributed by atoms with Crippen LogP contribution in [0.3, 0.4) is 0 Å². The molecule has 0 saturated carbocycles. The lowest BCUT2D eigenvalue weighted by Gasteiger charge is -2.29. The number of benzene rings is 1. The maximum atomic E-state index is 12.5. The molecule has 0 spiro atoms. The quantitative estimate of drug-likeness (QED) is 0.818. The molecule has 1 aliphatic rings. The van der Waals surface area contributed by atoms with Crippen molar-refractivity contribution in [1.29, 1.82) is 0 Å². The van der Waals surface area contributed by atoms with Crippen LogP contribution < -0.4 is 0 Å². The van der Waals surface area contributed by atoms with Crippen LogP contribution in [0.1, 0.15) is 27.3 Å². The largest absolute Gasteiger partial charge is 0.334 e. The first kappa shape index (κ1) is 13.1. The average Bonchev–Trinajstić information content (AvgIpc) is 2.51. The van der Waals surface area contributed by atoms with Gasteiger partial charge in [0.05, 0.1) is 11.4 Å². The summed E-state index contributed by atoms with van der Waals surface area (Å²) in [5, 5.41) is 8.30. The van der Waals surface area contributed by atoms with E-state index in [1.165, 1.54) is 0 Å². The van der Waals surface area contributed by atoms with Gasteiger partial charge in [-0.05, 0) is 19.1 Å². The van der Waals surface area contributed by atoms with Crippen LogP contribution in [0.4, 0.5) is 0 Å². The summed E-state index contributed by atoms with van der Waals surface area (Å²) >= 11 is 4.50. The molecule has 0 saturated heterocycles. The Kier molecular flexibility index (Phi) is 3.44. The fourth-order valence-electron chi connectivity index (χ4n) is 2.41. The molecule has 0 N–H and O–H groups in total. The molecular formula is C15H15N3OS. The molecule has 1 aromatic carbocycles. The van der Waals surface area contributed by atoms with Crippen LogP contribution in [0.2, 0.25) is 0 Å². The van der Waals surface area contributed by atoms with Crippen LogP contribution in [0.15, 0.2) is 35.2 Å². The van der Waals surface area contributed by atoms with Crippen LogP contribution in [-0.2, 0) is 13.0 Å². The fraction of sp³-hybridized carbons (Fsp3) is 0.267. The molecule has 5 heteroatoms. The Morgan fingerprint density at radius 2 is 2.00 bits per heavy atom. The molecule has 0 bridgehead atoms. The smallest absolute Gasteiger partial charge is 0.254 e. The molecule has 1 aliphatic heterocycles. The molecule has 1 aromatic heterocycles. The average molecular weight is 285 g/mol. The van der Waals surface area contributed by atoms with E-state index in [9.17, 15) is 4.79 Å². The Bertz CT molecular complexity index is 658. The zero-order chi connectivity index (χ0) is 14.1. The Balaban J connectivity index is 1.89. The maximum Gasteiger partial charge on any atom is 0.254 e. The van der Waals surface area contributed by atoms with E-state index in [-0.39, 0.29) is 5.91 Å². The summed E-state index contributed by atoms with van der Waals surface area (Å²) in [6.07, 6.45) is 0.731. The molecule has 0 radical (unpaired) electrons. The van der Waals surface area contributed by atoms with Crippen molar-refractivity contribution in [3.05, 3.63) is 52.8 Å². The number of aromatic nitrogens is 2. The molecule has 4 nitrogen and oxygen atoms in total. The van der Waals surface area contributed by atoms with Gasteiger partial charge in [0.1, 0.15) is 0 Å². The molecule has 0 atom stereocenters. The number of hydrogen-bond donors (Lipinski definition) is 1. The third-order valence-electron chi connectivity index (χ3n) is 3.57. The molecule has 0 aliphatic carbocycles. The first-order valence-electron chi connectivity index (χ1n) is 6.55. The first-order valence-corrected chi connectivity index (χ1v) is 7.00. The van der Waals surface area contributed by atoms with E-state index >= 15 is 0 Å². The number of amides is 1. The van der Waals surface area contributed by atoms with E-state index in [2.05, 4.69) is 22.8 Å². The summed E-state index contributed by atoms with van der Waals surface area (Å²) < 4.78 is 0. The minimum atomic E-state index is 0.0541. The molecule has 3 rings (SSSR count). The highest BCUT2D eigenvalue weighted by molar-refractivity contribution is 7.80. The van der Waals surface area contributed by atoms with Gasteiger partial charge in [0, 0.05) is 35.5 Å². The Morgan fingerprint density at radius 1 is 1.25 bits per heavy atom. The second-order valence-corrected chi connectivity index (χ2v) is 5.35. The Morgan fingerprint density at radius 3 is 2.75 bits per heavy atom. The van der Waals surface area contributed by atoms with Gasteiger partial charge in [-0.1, -0.05) is 18.2 Å². The highest BCUT2D eigenvalue weighted by Gasteiger charge is 2.24. The SMILES string of the molecule is Cc1nnc2c(c1S)CN(C(=O)c1ccccc1)CC2. The van der Waals surface area contributed by atoms with Gasteiger partial charge in [-0.15, -0.1) is 12.6 Å². The van der Waals surface area contributed by atoms with Gasteiger partial charge in [-0.2, -0.15) is 10.2 Å². The Labute approximate surface area is 123 Å². The normalized spacial score (nSPS) is 14.0. The predicted octanol–water partition coefficient (Wildman–Crippen LogP) is 2.27. The minimum absolute atomic E-state index is 0.0541. The highest BCUT2D eigenvalue weighted by atomic mass is 32.1. The van der Waals surface area contributed by atoms with Crippen LogP contribution in [-0.4, -0.2) is 27.5 Å². The minimum Gasteiger partial charge on any atom is -0.334 e. The van der Waals surface area contributed by atoms with E-state index < -0.39 is 0 Å². The zero-order valence-electron chi connectivity index (χ0n) is 11.2. The highest BCUT2D eigenvalue weighted by Crippen LogP contribution is 2.25. The lowest BCUT2D eigenvalue weighted by atomic mass is 10.0. The van der Waals surface area contributed by atoms with Crippen molar-refractivity contribution in [2.24, 2.45) is 0 Å². The van der Waals surface area contributed by atoms with Crippen LogP contribution in [0.5, 0.6) is 0 Å². The summed E-state index contributed by atoms with van der Waals surface area (Å²) in [5.74, 6) is 0.0541. The molecule has 2 aromatic rings. The molecule has 102 valence electrons. The summed E-state index contributed by atoms with van der Waals surface area (Å²) in [4.78, 5) is 15.2. The van der Waals surface area contributed by atoms with Crippen molar-refractivity contribution in [3.8, 4) is 0 Å². The zero-order valence-corrected chi connectivity index (χ0v) is 12.1. The lowest BCUT2D eigenvalue weighted by molar-refractivity contribution is 0.0731. The monoisotopic (exact) mass is 285 g/mol. The maximum absolute atomic E-state index is 12.5. The van der Waals surface area contributed by atoms with Gasteiger partial charge in [0.15, 0.2) is 0 Å².